The summed E-state index contributed by atoms with van der Waals surface area (Å²) >= 11 is 8.02. The quantitative estimate of drug-likeness (QED) is 0.485. The van der Waals surface area contributed by atoms with Crippen molar-refractivity contribution in [1.82, 2.24) is 9.91 Å². The van der Waals surface area contributed by atoms with E-state index in [1.54, 1.807) is 38.8 Å². The van der Waals surface area contributed by atoms with Crippen molar-refractivity contribution >= 4 is 22.9 Å². The molecule has 0 aliphatic carbocycles. The zero-order chi connectivity index (χ0) is 22.9. The fourth-order valence-corrected chi connectivity index (χ4v) is 6.27. The van der Waals surface area contributed by atoms with Crippen LogP contribution < -0.4 is 21.1 Å². The molecular formula is C23H31ClN4O3S. The van der Waals surface area contributed by atoms with Gasteiger partial charge in [0.1, 0.15) is 17.1 Å². The first-order valence-corrected chi connectivity index (χ1v) is 11.9. The van der Waals surface area contributed by atoms with Crippen LogP contribution in [0.5, 0.6) is 11.5 Å². The number of methoxy groups -OCH3 is 2. The molecule has 4 N–H and O–H groups in total. The third kappa shape index (κ3) is 4.56. The zero-order valence-corrected chi connectivity index (χ0v) is 20.3. The van der Waals surface area contributed by atoms with Crippen molar-refractivity contribution < 1.29 is 14.2 Å². The van der Waals surface area contributed by atoms with E-state index in [9.17, 15) is 0 Å². The van der Waals surface area contributed by atoms with Crippen molar-refractivity contribution in [2.75, 3.05) is 34.4 Å². The van der Waals surface area contributed by atoms with E-state index < -0.39 is 0 Å². The fourth-order valence-electron chi connectivity index (χ4n) is 4.79. The molecule has 2 aromatic rings. The molecule has 2 aliphatic heterocycles. The van der Waals surface area contributed by atoms with Crippen LogP contribution in [0.2, 0.25) is 4.34 Å². The van der Waals surface area contributed by atoms with E-state index in [1.807, 2.05) is 18.2 Å². The van der Waals surface area contributed by atoms with E-state index in [0.717, 1.165) is 47.2 Å². The number of nitrogens with two attached hydrogens (primary N) is 2. The van der Waals surface area contributed by atoms with Crippen molar-refractivity contribution in [1.29, 1.82) is 0 Å². The van der Waals surface area contributed by atoms with E-state index in [2.05, 4.69) is 11.0 Å². The molecule has 7 nitrogen and oxygen atoms in total. The molecule has 32 heavy (non-hydrogen) atoms. The number of thiophene rings is 1. The van der Waals surface area contributed by atoms with E-state index in [1.165, 1.54) is 15.4 Å². The maximum absolute atomic E-state index is 6.59. The molecule has 9 heteroatoms. The molecule has 1 spiro atoms. The van der Waals surface area contributed by atoms with E-state index >= 15 is 0 Å². The summed E-state index contributed by atoms with van der Waals surface area (Å²) in [5.74, 6) is 7.46. The minimum Gasteiger partial charge on any atom is -0.497 e. The SMILES string of the molecule is COc1ccc(CN2CCC3(CC2/C(N)=C/N(C)N)OCCc2cc(Cl)sc23)c(OC)c1. The van der Waals surface area contributed by atoms with Crippen LogP contribution in [0.1, 0.15) is 28.8 Å². The third-order valence-corrected chi connectivity index (χ3v) is 7.81. The van der Waals surface area contributed by atoms with Gasteiger partial charge >= 0.3 is 0 Å². The summed E-state index contributed by atoms with van der Waals surface area (Å²) in [7, 11) is 5.10. The van der Waals surface area contributed by atoms with Gasteiger partial charge in [-0.2, -0.15) is 0 Å². The van der Waals surface area contributed by atoms with Gasteiger partial charge in [0.2, 0.25) is 0 Å². The number of fused-ring (bicyclic) bond motifs is 2. The standard InChI is InChI=1S/C23H31ClN4O3S/c1-27(26)14-18(25)19-12-23(22-15(6-9-31-23)10-21(24)32-22)7-8-28(19)13-16-4-5-17(29-2)11-20(16)30-3/h4-5,10-11,14,19H,6-9,12-13,25-26H2,1-3H3/b18-14-. The predicted molar refractivity (Wildman–Crippen MR) is 128 cm³/mol. The van der Waals surface area contributed by atoms with Gasteiger partial charge in [0, 0.05) is 55.0 Å². The Labute approximate surface area is 198 Å². The zero-order valence-electron chi connectivity index (χ0n) is 18.8. The van der Waals surface area contributed by atoms with E-state index in [-0.39, 0.29) is 11.6 Å². The highest BCUT2D eigenvalue weighted by Gasteiger charge is 2.46. The van der Waals surface area contributed by atoms with Crippen molar-refractivity contribution in [2.45, 2.75) is 37.5 Å². The lowest BCUT2D eigenvalue weighted by Crippen LogP contribution is -2.53. The summed E-state index contributed by atoms with van der Waals surface area (Å²) < 4.78 is 18.3. The Morgan fingerprint density at radius 1 is 1.38 bits per heavy atom. The average Bonchev–Trinajstić information content (AvgIpc) is 3.16. The second kappa shape index (κ2) is 9.49. The molecule has 1 aromatic heterocycles. The maximum atomic E-state index is 6.59. The Kier molecular flexibility index (Phi) is 6.88. The maximum Gasteiger partial charge on any atom is 0.127 e. The van der Waals surface area contributed by atoms with Crippen LogP contribution in [-0.4, -0.2) is 50.4 Å². The summed E-state index contributed by atoms with van der Waals surface area (Å²) in [4.78, 5) is 3.62. The van der Waals surface area contributed by atoms with Crippen molar-refractivity contribution in [3.63, 3.8) is 0 Å². The number of hydrogen-bond donors (Lipinski definition) is 2. The number of ether oxygens (including phenoxy) is 3. The van der Waals surface area contributed by atoms with Crippen LogP contribution in [0.3, 0.4) is 0 Å². The topological polar surface area (TPSA) is 86.2 Å². The molecule has 1 fully saturated rings. The van der Waals surface area contributed by atoms with Gasteiger partial charge in [-0.05, 0) is 30.5 Å². The van der Waals surface area contributed by atoms with E-state index in [0.29, 0.717) is 18.8 Å². The molecule has 0 amide bonds. The Morgan fingerprint density at radius 3 is 2.91 bits per heavy atom. The van der Waals surface area contributed by atoms with Gasteiger partial charge < -0.3 is 25.0 Å². The monoisotopic (exact) mass is 478 g/mol. The molecule has 4 rings (SSSR count). The van der Waals surface area contributed by atoms with Crippen LogP contribution >= 0.6 is 22.9 Å². The molecule has 1 aromatic carbocycles. The van der Waals surface area contributed by atoms with Gasteiger partial charge in [-0.25, -0.2) is 5.84 Å². The number of hydrazine groups is 1. The summed E-state index contributed by atoms with van der Waals surface area (Å²) in [6.07, 6.45) is 4.30. The first-order valence-electron chi connectivity index (χ1n) is 10.7. The van der Waals surface area contributed by atoms with Crippen molar-refractivity contribution in [3.8, 4) is 11.5 Å². The molecule has 0 bridgehead atoms. The second-order valence-electron chi connectivity index (χ2n) is 8.41. The Bertz CT molecular complexity index is 996. The Balaban J connectivity index is 1.66. The predicted octanol–water partition coefficient (Wildman–Crippen LogP) is 3.46. The van der Waals surface area contributed by atoms with Crippen LogP contribution in [0.25, 0.3) is 0 Å². The molecule has 174 valence electrons. The van der Waals surface area contributed by atoms with E-state index in [4.69, 9.17) is 37.4 Å². The van der Waals surface area contributed by atoms with Crippen molar-refractivity contribution in [3.05, 3.63) is 56.5 Å². The molecule has 0 radical (unpaired) electrons. The molecule has 2 unspecified atom stereocenters. The van der Waals surface area contributed by atoms with Gasteiger partial charge in [0.25, 0.3) is 0 Å². The van der Waals surface area contributed by atoms with Crippen LogP contribution in [0, 0.1) is 0 Å². The fraction of sp³-hybridized carbons (Fsp3) is 0.478. The van der Waals surface area contributed by atoms with Gasteiger partial charge in [0.15, 0.2) is 0 Å². The first-order chi connectivity index (χ1) is 15.3. The highest BCUT2D eigenvalue weighted by Crippen LogP contribution is 2.49. The third-order valence-electron chi connectivity index (χ3n) is 6.31. The average molecular weight is 479 g/mol. The number of benzene rings is 1. The number of halogens is 1. The molecule has 2 aliphatic rings. The highest BCUT2D eigenvalue weighted by molar-refractivity contribution is 7.16. The highest BCUT2D eigenvalue weighted by atomic mass is 35.5. The minimum absolute atomic E-state index is 0.0478. The first kappa shape index (κ1) is 23.2. The number of rotatable bonds is 6. The van der Waals surface area contributed by atoms with Gasteiger partial charge in [0.05, 0.1) is 31.2 Å². The van der Waals surface area contributed by atoms with Crippen LogP contribution in [0.4, 0.5) is 0 Å². The minimum atomic E-state index is -0.373. The van der Waals surface area contributed by atoms with Crippen LogP contribution in [0.15, 0.2) is 36.2 Å². The Hall–Kier alpha value is -1.97. The number of likely N-dealkylation sites (tertiary alicyclic amines) is 1. The van der Waals surface area contributed by atoms with Gasteiger partial charge in [-0.15, -0.1) is 11.3 Å². The Morgan fingerprint density at radius 2 is 2.19 bits per heavy atom. The number of hydrogen-bond acceptors (Lipinski definition) is 8. The number of piperidine rings is 1. The van der Waals surface area contributed by atoms with Crippen molar-refractivity contribution in [2.24, 2.45) is 11.6 Å². The summed E-state index contributed by atoms with van der Waals surface area (Å²) in [5, 5.41) is 1.50. The van der Waals surface area contributed by atoms with Gasteiger partial charge in [-0.1, -0.05) is 17.7 Å². The summed E-state index contributed by atoms with van der Waals surface area (Å²) in [5.41, 5.74) is 9.30. The lowest BCUT2D eigenvalue weighted by Gasteiger charge is -2.48. The lowest BCUT2D eigenvalue weighted by molar-refractivity contribution is -0.108. The normalized spacial score (nSPS) is 23.8. The van der Waals surface area contributed by atoms with Crippen LogP contribution in [-0.2, 0) is 23.3 Å². The molecule has 0 saturated carbocycles. The summed E-state index contributed by atoms with van der Waals surface area (Å²) in [6.45, 7) is 2.20. The molecule has 3 heterocycles. The molecule has 1 saturated heterocycles. The molecule has 2 atom stereocenters. The summed E-state index contributed by atoms with van der Waals surface area (Å²) in [6, 6.07) is 7.95. The van der Waals surface area contributed by atoms with Gasteiger partial charge in [-0.3, -0.25) is 4.90 Å². The molecular weight excluding hydrogens is 448 g/mol. The smallest absolute Gasteiger partial charge is 0.127 e. The lowest BCUT2D eigenvalue weighted by atomic mass is 9.80. The number of nitrogens with zero attached hydrogens (tertiary/aromatic N) is 2. The largest absolute Gasteiger partial charge is 0.497 e. The second-order valence-corrected chi connectivity index (χ2v) is 10.1.